The largest absolute Gasteiger partial charge is 0.389 e. The predicted octanol–water partition coefficient (Wildman–Crippen LogP) is 3.13. The minimum absolute atomic E-state index is 0.317. The standard InChI is InChI=1S/C15H14FNO2/c1-10(18)12-3-2-4-14(9-12)17-15(19)11-5-7-13(16)8-6-11/h2-10,18H,1H3,(H,17,19). The Labute approximate surface area is 110 Å². The van der Waals surface area contributed by atoms with Crippen LogP contribution in [0, 0.1) is 5.82 Å². The van der Waals surface area contributed by atoms with Crippen LogP contribution in [0.5, 0.6) is 0 Å². The van der Waals surface area contributed by atoms with Gasteiger partial charge in [-0.05, 0) is 48.9 Å². The summed E-state index contributed by atoms with van der Waals surface area (Å²) >= 11 is 0. The van der Waals surface area contributed by atoms with Crippen molar-refractivity contribution in [3.63, 3.8) is 0 Å². The van der Waals surface area contributed by atoms with Crippen LogP contribution in [0.2, 0.25) is 0 Å². The number of aliphatic hydroxyl groups excluding tert-OH is 1. The fourth-order valence-electron chi connectivity index (χ4n) is 1.68. The highest BCUT2D eigenvalue weighted by atomic mass is 19.1. The van der Waals surface area contributed by atoms with Gasteiger partial charge < -0.3 is 10.4 Å². The predicted molar refractivity (Wildman–Crippen MR) is 71.4 cm³/mol. The van der Waals surface area contributed by atoms with E-state index in [-0.39, 0.29) is 11.7 Å². The lowest BCUT2D eigenvalue weighted by molar-refractivity contribution is 0.102. The van der Waals surface area contributed by atoms with Gasteiger partial charge in [0.1, 0.15) is 5.82 Å². The van der Waals surface area contributed by atoms with E-state index in [9.17, 15) is 14.3 Å². The highest BCUT2D eigenvalue weighted by molar-refractivity contribution is 6.04. The lowest BCUT2D eigenvalue weighted by atomic mass is 10.1. The van der Waals surface area contributed by atoms with E-state index in [4.69, 9.17) is 0 Å². The smallest absolute Gasteiger partial charge is 0.255 e. The van der Waals surface area contributed by atoms with Crippen molar-refractivity contribution < 1.29 is 14.3 Å². The molecule has 0 radical (unpaired) electrons. The zero-order valence-electron chi connectivity index (χ0n) is 10.4. The van der Waals surface area contributed by atoms with Crippen LogP contribution < -0.4 is 5.32 Å². The zero-order valence-corrected chi connectivity index (χ0v) is 10.4. The Morgan fingerprint density at radius 1 is 1.21 bits per heavy atom. The van der Waals surface area contributed by atoms with Crippen LogP contribution in [0.15, 0.2) is 48.5 Å². The number of hydrogen-bond donors (Lipinski definition) is 2. The van der Waals surface area contributed by atoms with Gasteiger partial charge in [-0.1, -0.05) is 12.1 Å². The van der Waals surface area contributed by atoms with Crippen LogP contribution >= 0.6 is 0 Å². The fourth-order valence-corrected chi connectivity index (χ4v) is 1.68. The van der Waals surface area contributed by atoms with Crippen molar-refractivity contribution in [3.05, 3.63) is 65.5 Å². The fraction of sp³-hybridized carbons (Fsp3) is 0.133. The average molecular weight is 259 g/mol. The summed E-state index contributed by atoms with van der Waals surface area (Å²) in [5.74, 6) is -0.699. The molecule has 0 bridgehead atoms. The monoisotopic (exact) mass is 259 g/mol. The maximum atomic E-state index is 12.8. The first-order valence-electron chi connectivity index (χ1n) is 5.91. The summed E-state index contributed by atoms with van der Waals surface area (Å²) in [6.07, 6.45) is -0.595. The number of carbonyl (C=O) groups excluding carboxylic acids is 1. The molecule has 3 nitrogen and oxygen atoms in total. The van der Waals surface area contributed by atoms with Gasteiger partial charge in [0.25, 0.3) is 5.91 Å². The van der Waals surface area contributed by atoms with Crippen molar-refractivity contribution in [2.45, 2.75) is 13.0 Å². The van der Waals surface area contributed by atoms with Gasteiger partial charge in [-0.25, -0.2) is 4.39 Å². The normalized spacial score (nSPS) is 11.9. The van der Waals surface area contributed by atoms with Gasteiger partial charge in [0.05, 0.1) is 6.10 Å². The first kappa shape index (κ1) is 13.2. The van der Waals surface area contributed by atoms with Crippen molar-refractivity contribution in [3.8, 4) is 0 Å². The van der Waals surface area contributed by atoms with Gasteiger partial charge in [-0.15, -0.1) is 0 Å². The van der Waals surface area contributed by atoms with Crippen molar-refractivity contribution in [2.24, 2.45) is 0 Å². The summed E-state index contributed by atoms with van der Waals surface area (Å²) in [4.78, 5) is 11.9. The molecule has 2 N–H and O–H groups in total. The SMILES string of the molecule is CC(O)c1cccc(NC(=O)c2ccc(F)cc2)c1. The number of amides is 1. The molecule has 1 atom stereocenters. The Hall–Kier alpha value is -2.20. The van der Waals surface area contributed by atoms with Crippen molar-refractivity contribution in [2.75, 3.05) is 5.32 Å². The molecule has 0 heterocycles. The first-order valence-corrected chi connectivity index (χ1v) is 5.91. The van der Waals surface area contributed by atoms with Gasteiger partial charge in [-0.3, -0.25) is 4.79 Å². The zero-order chi connectivity index (χ0) is 13.8. The number of hydrogen-bond acceptors (Lipinski definition) is 2. The molecule has 2 rings (SSSR count). The Morgan fingerprint density at radius 2 is 1.89 bits per heavy atom. The average Bonchev–Trinajstić information content (AvgIpc) is 2.39. The number of benzene rings is 2. The van der Waals surface area contributed by atoms with Crippen LogP contribution in [0.4, 0.5) is 10.1 Å². The highest BCUT2D eigenvalue weighted by Gasteiger charge is 2.07. The Morgan fingerprint density at radius 3 is 2.53 bits per heavy atom. The topological polar surface area (TPSA) is 49.3 Å². The number of anilines is 1. The quantitative estimate of drug-likeness (QED) is 0.889. The van der Waals surface area contributed by atoms with E-state index in [1.807, 2.05) is 0 Å². The van der Waals surface area contributed by atoms with E-state index in [0.717, 1.165) is 5.56 Å². The third-order valence-electron chi connectivity index (χ3n) is 2.73. The van der Waals surface area contributed by atoms with Gasteiger partial charge in [0.2, 0.25) is 0 Å². The number of aliphatic hydroxyl groups is 1. The van der Waals surface area contributed by atoms with Crippen LogP contribution in [0.3, 0.4) is 0 Å². The minimum atomic E-state index is -0.595. The molecule has 0 saturated heterocycles. The van der Waals surface area contributed by atoms with Gasteiger partial charge >= 0.3 is 0 Å². The summed E-state index contributed by atoms with van der Waals surface area (Å²) < 4.78 is 12.8. The molecule has 1 unspecified atom stereocenters. The van der Waals surface area contributed by atoms with E-state index in [2.05, 4.69) is 5.32 Å². The number of nitrogens with one attached hydrogen (secondary N) is 1. The molecule has 0 aliphatic heterocycles. The molecule has 2 aromatic carbocycles. The number of rotatable bonds is 3. The third-order valence-corrected chi connectivity index (χ3v) is 2.73. The molecule has 4 heteroatoms. The van der Waals surface area contributed by atoms with Crippen LogP contribution in [-0.2, 0) is 0 Å². The lowest BCUT2D eigenvalue weighted by Crippen LogP contribution is -2.12. The molecule has 19 heavy (non-hydrogen) atoms. The Kier molecular flexibility index (Phi) is 3.92. The van der Waals surface area contributed by atoms with Gasteiger partial charge in [0.15, 0.2) is 0 Å². The molecule has 0 aromatic heterocycles. The summed E-state index contributed by atoms with van der Waals surface area (Å²) in [7, 11) is 0. The first-order chi connectivity index (χ1) is 9.06. The van der Waals surface area contributed by atoms with Crippen molar-refractivity contribution >= 4 is 11.6 Å². The van der Waals surface area contributed by atoms with Gasteiger partial charge in [0, 0.05) is 11.3 Å². The maximum Gasteiger partial charge on any atom is 0.255 e. The lowest BCUT2D eigenvalue weighted by Gasteiger charge is -2.09. The second-order valence-corrected chi connectivity index (χ2v) is 4.26. The van der Waals surface area contributed by atoms with Crippen molar-refractivity contribution in [1.82, 2.24) is 0 Å². The molecular weight excluding hydrogens is 245 g/mol. The van der Waals surface area contributed by atoms with Crippen LogP contribution in [0.1, 0.15) is 28.9 Å². The summed E-state index contributed by atoms with van der Waals surface area (Å²) in [5, 5.41) is 12.2. The maximum absolute atomic E-state index is 12.8. The van der Waals surface area contributed by atoms with E-state index < -0.39 is 6.10 Å². The molecule has 2 aromatic rings. The van der Waals surface area contributed by atoms with Crippen LogP contribution in [-0.4, -0.2) is 11.0 Å². The second kappa shape index (κ2) is 5.63. The van der Waals surface area contributed by atoms with Crippen LogP contribution in [0.25, 0.3) is 0 Å². The number of carbonyl (C=O) groups is 1. The Balaban J connectivity index is 2.14. The molecule has 0 saturated carbocycles. The van der Waals surface area contributed by atoms with Gasteiger partial charge in [-0.2, -0.15) is 0 Å². The molecule has 1 amide bonds. The molecule has 98 valence electrons. The molecule has 0 aliphatic carbocycles. The third kappa shape index (κ3) is 3.39. The minimum Gasteiger partial charge on any atom is -0.389 e. The Bertz CT molecular complexity index is 579. The highest BCUT2D eigenvalue weighted by Crippen LogP contribution is 2.17. The van der Waals surface area contributed by atoms with E-state index in [0.29, 0.717) is 11.3 Å². The van der Waals surface area contributed by atoms with E-state index in [1.165, 1.54) is 24.3 Å². The summed E-state index contributed by atoms with van der Waals surface area (Å²) in [6.45, 7) is 1.65. The molecule has 0 aliphatic rings. The molecule has 0 fully saturated rings. The van der Waals surface area contributed by atoms with E-state index >= 15 is 0 Å². The van der Waals surface area contributed by atoms with Crippen molar-refractivity contribution in [1.29, 1.82) is 0 Å². The second-order valence-electron chi connectivity index (χ2n) is 4.26. The van der Waals surface area contributed by atoms with E-state index in [1.54, 1.807) is 31.2 Å². The summed E-state index contributed by atoms with van der Waals surface area (Å²) in [6, 6.07) is 12.3. The number of halogens is 1. The summed E-state index contributed by atoms with van der Waals surface area (Å²) in [5.41, 5.74) is 1.69. The molecular formula is C15H14FNO2. The molecule has 0 spiro atoms.